The molecule has 1 aliphatic heterocycles. The van der Waals surface area contributed by atoms with Crippen LogP contribution in [-0.4, -0.2) is 30.1 Å². The van der Waals surface area contributed by atoms with E-state index in [0.717, 1.165) is 11.5 Å². The van der Waals surface area contributed by atoms with Crippen molar-refractivity contribution in [1.29, 1.82) is 0 Å². The predicted molar refractivity (Wildman–Crippen MR) is 116 cm³/mol. The summed E-state index contributed by atoms with van der Waals surface area (Å²) in [6.07, 6.45) is 0.748. The zero-order valence-electron chi connectivity index (χ0n) is 17.1. The summed E-state index contributed by atoms with van der Waals surface area (Å²) in [7, 11) is 0. The van der Waals surface area contributed by atoms with Crippen molar-refractivity contribution in [2.45, 2.75) is 63.1 Å². The molecular formula is C23H33NO2S. The summed E-state index contributed by atoms with van der Waals surface area (Å²) in [6.45, 7) is 11.7. The number of thiol groups is 1. The van der Waals surface area contributed by atoms with Gasteiger partial charge in [0.15, 0.2) is 0 Å². The lowest BCUT2D eigenvalue weighted by Crippen LogP contribution is -2.47. The van der Waals surface area contributed by atoms with Crippen molar-refractivity contribution in [1.82, 2.24) is 5.32 Å². The van der Waals surface area contributed by atoms with Crippen molar-refractivity contribution >= 4 is 12.6 Å². The third-order valence-electron chi connectivity index (χ3n) is 4.92. The normalized spacial score (nSPS) is 18.7. The molecule has 1 heterocycles. The van der Waals surface area contributed by atoms with E-state index in [1.807, 2.05) is 24.3 Å². The van der Waals surface area contributed by atoms with Gasteiger partial charge in [0, 0.05) is 22.5 Å². The van der Waals surface area contributed by atoms with Crippen LogP contribution in [0.25, 0.3) is 0 Å². The zero-order chi connectivity index (χ0) is 20.1. The van der Waals surface area contributed by atoms with Crippen LogP contribution < -0.4 is 5.32 Å². The van der Waals surface area contributed by atoms with Gasteiger partial charge in [0.25, 0.3) is 0 Å². The fourth-order valence-corrected chi connectivity index (χ4v) is 3.19. The quantitative estimate of drug-likeness (QED) is 0.676. The van der Waals surface area contributed by atoms with Crippen molar-refractivity contribution in [2.24, 2.45) is 0 Å². The molecule has 1 unspecified atom stereocenters. The Morgan fingerprint density at radius 2 is 1.70 bits per heavy atom. The smallest absolute Gasteiger partial charge is 0.117 e. The summed E-state index contributed by atoms with van der Waals surface area (Å²) in [5.41, 5.74) is 3.67. The van der Waals surface area contributed by atoms with Crippen molar-refractivity contribution < 1.29 is 9.84 Å². The number of hydrogen-bond acceptors (Lipinski definition) is 4. The van der Waals surface area contributed by atoms with Gasteiger partial charge in [-0.2, -0.15) is 0 Å². The predicted octanol–water partition coefficient (Wildman–Crippen LogP) is 4.51. The Hall–Kier alpha value is -1.33. The zero-order valence-corrected chi connectivity index (χ0v) is 18.0. The first-order chi connectivity index (χ1) is 12.6. The molecule has 27 heavy (non-hydrogen) atoms. The number of ether oxygens (including phenoxy) is 1. The van der Waals surface area contributed by atoms with Crippen LogP contribution in [-0.2, 0) is 16.6 Å². The molecule has 4 heteroatoms. The van der Waals surface area contributed by atoms with Crippen LogP contribution in [0.15, 0.2) is 53.4 Å². The molecule has 0 saturated carbocycles. The first-order valence-corrected chi connectivity index (χ1v) is 9.94. The van der Waals surface area contributed by atoms with E-state index in [1.54, 1.807) is 0 Å². The maximum absolute atomic E-state index is 8.95. The Balaban J connectivity index is 0.000000273. The average Bonchev–Trinajstić information content (AvgIpc) is 3.00. The first-order valence-electron chi connectivity index (χ1n) is 9.49. The standard InChI is InChI=1S/C16H25NO2.C7H8S/c1-15(2)11-19-14(17-15)16(3,4)13-7-5-12(6-8-13)9-10-18;1-6-2-4-7(8)5-3-6/h5-8,14,17-18H,9-11H2,1-4H3;2-5,8H,1H3. The van der Waals surface area contributed by atoms with Gasteiger partial charge in [0.05, 0.1) is 6.61 Å². The lowest BCUT2D eigenvalue weighted by Gasteiger charge is -2.32. The summed E-state index contributed by atoms with van der Waals surface area (Å²) in [5.74, 6) is 0. The Morgan fingerprint density at radius 3 is 2.15 bits per heavy atom. The molecule has 3 nitrogen and oxygen atoms in total. The summed E-state index contributed by atoms with van der Waals surface area (Å²) < 4.78 is 5.91. The van der Waals surface area contributed by atoms with Gasteiger partial charge in [0.1, 0.15) is 6.23 Å². The average molecular weight is 388 g/mol. The Bertz CT molecular complexity index is 687. The summed E-state index contributed by atoms with van der Waals surface area (Å²) in [5, 5.41) is 12.5. The van der Waals surface area contributed by atoms with Gasteiger partial charge in [-0.1, -0.05) is 55.8 Å². The molecule has 148 valence electrons. The van der Waals surface area contributed by atoms with Gasteiger partial charge in [-0.05, 0) is 50.5 Å². The lowest BCUT2D eigenvalue weighted by atomic mass is 9.82. The highest BCUT2D eigenvalue weighted by Crippen LogP contribution is 2.32. The Kier molecular flexibility index (Phi) is 7.52. The molecule has 2 N–H and O–H groups in total. The van der Waals surface area contributed by atoms with Gasteiger partial charge in [-0.25, -0.2) is 0 Å². The molecular weight excluding hydrogens is 354 g/mol. The highest BCUT2D eigenvalue weighted by atomic mass is 32.1. The number of benzene rings is 2. The van der Waals surface area contributed by atoms with E-state index >= 15 is 0 Å². The minimum Gasteiger partial charge on any atom is -0.396 e. The second kappa shape index (κ2) is 9.24. The molecule has 0 spiro atoms. The number of rotatable bonds is 4. The molecule has 0 aliphatic carbocycles. The number of aryl methyl sites for hydroxylation is 1. The molecule has 0 radical (unpaired) electrons. The van der Waals surface area contributed by atoms with E-state index in [4.69, 9.17) is 9.84 Å². The molecule has 0 amide bonds. The van der Waals surface area contributed by atoms with Crippen molar-refractivity contribution in [3.05, 3.63) is 65.2 Å². The van der Waals surface area contributed by atoms with E-state index in [9.17, 15) is 0 Å². The molecule has 2 aromatic rings. The van der Waals surface area contributed by atoms with Crippen molar-refractivity contribution in [3.8, 4) is 0 Å². The number of aliphatic hydroxyl groups excluding tert-OH is 1. The maximum atomic E-state index is 8.95. The topological polar surface area (TPSA) is 41.5 Å². The van der Waals surface area contributed by atoms with Crippen LogP contribution in [0.1, 0.15) is 44.4 Å². The van der Waals surface area contributed by atoms with Gasteiger partial charge < -0.3 is 9.84 Å². The highest BCUT2D eigenvalue weighted by Gasteiger charge is 2.41. The summed E-state index contributed by atoms with van der Waals surface area (Å²) >= 11 is 4.13. The van der Waals surface area contributed by atoms with Crippen LogP contribution >= 0.6 is 12.6 Å². The molecule has 1 aliphatic rings. The van der Waals surface area contributed by atoms with Gasteiger partial charge in [-0.15, -0.1) is 12.6 Å². The molecule has 3 rings (SSSR count). The van der Waals surface area contributed by atoms with E-state index < -0.39 is 0 Å². The second-order valence-corrected chi connectivity index (χ2v) is 8.96. The molecule has 0 aromatic heterocycles. The van der Waals surface area contributed by atoms with Crippen molar-refractivity contribution in [2.75, 3.05) is 13.2 Å². The van der Waals surface area contributed by atoms with Crippen LogP contribution in [0.2, 0.25) is 0 Å². The third-order valence-corrected chi connectivity index (χ3v) is 5.22. The van der Waals surface area contributed by atoms with E-state index in [0.29, 0.717) is 6.42 Å². The minimum absolute atomic E-state index is 0.0335. The maximum Gasteiger partial charge on any atom is 0.117 e. The fourth-order valence-electron chi connectivity index (χ4n) is 3.04. The van der Waals surface area contributed by atoms with E-state index in [-0.39, 0.29) is 23.8 Å². The van der Waals surface area contributed by atoms with E-state index in [1.165, 1.54) is 16.7 Å². The van der Waals surface area contributed by atoms with Crippen LogP contribution in [0.5, 0.6) is 0 Å². The SMILES string of the molecule is CC1(C)COC(C(C)(C)c2ccc(CCO)cc2)N1.Cc1ccc(S)cc1. The van der Waals surface area contributed by atoms with Crippen LogP contribution in [0.3, 0.4) is 0 Å². The fraction of sp³-hybridized carbons (Fsp3) is 0.478. The molecule has 1 saturated heterocycles. The van der Waals surface area contributed by atoms with Crippen molar-refractivity contribution in [3.63, 3.8) is 0 Å². The minimum atomic E-state index is -0.0779. The lowest BCUT2D eigenvalue weighted by molar-refractivity contribution is 0.0451. The van der Waals surface area contributed by atoms with Gasteiger partial charge >= 0.3 is 0 Å². The van der Waals surface area contributed by atoms with Gasteiger partial charge in [-0.3, -0.25) is 5.32 Å². The second-order valence-electron chi connectivity index (χ2n) is 8.45. The number of nitrogens with one attached hydrogen (secondary N) is 1. The molecule has 2 aromatic carbocycles. The number of hydrogen-bond donors (Lipinski definition) is 3. The monoisotopic (exact) mass is 387 g/mol. The Labute approximate surface area is 169 Å². The first kappa shape index (κ1) is 22.0. The molecule has 1 fully saturated rings. The summed E-state index contributed by atoms with van der Waals surface area (Å²) in [6, 6.07) is 16.5. The van der Waals surface area contributed by atoms with Crippen LogP contribution in [0.4, 0.5) is 0 Å². The largest absolute Gasteiger partial charge is 0.396 e. The third kappa shape index (κ3) is 6.35. The highest BCUT2D eigenvalue weighted by molar-refractivity contribution is 7.80. The molecule has 1 atom stereocenters. The summed E-state index contributed by atoms with van der Waals surface area (Å²) in [4.78, 5) is 1.02. The van der Waals surface area contributed by atoms with Gasteiger partial charge in [0.2, 0.25) is 0 Å². The van der Waals surface area contributed by atoms with E-state index in [2.05, 4.69) is 76.8 Å². The number of aliphatic hydroxyl groups is 1. The Morgan fingerprint density at radius 1 is 1.11 bits per heavy atom. The molecule has 0 bridgehead atoms. The van der Waals surface area contributed by atoms with Crippen LogP contribution in [0, 0.1) is 6.92 Å².